The molecule has 27 heavy (non-hydrogen) atoms. The summed E-state index contributed by atoms with van der Waals surface area (Å²) in [5.41, 5.74) is 0.526. The Morgan fingerprint density at radius 1 is 1.15 bits per heavy atom. The standard InChI is InChI=1S/C19H21FN4O3/c1-21-19(23-11-18(25)24-14-8-6-13(20)7-9-14)22-10-15-12-26-16-4-2-3-5-17(16)27-15/h2-9,15H,10-12H2,1H3,(H,24,25)(H2,21,22,23). The maximum atomic E-state index is 12.9. The highest BCUT2D eigenvalue weighted by Crippen LogP contribution is 2.30. The van der Waals surface area contributed by atoms with Crippen LogP contribution >= 0.6 is 0 Å². The zero-order valence-electron chi connectivity index (χ0n) is 14.9. The summed E-state index contributed by atoms with van der Waals surface area (Å²) in [6.07, 6.45) is -0.175. The number of amides is 1. The first kappa shape index (κ1) is 18.5. The van der Waals surface area contributed by atoms with Crippen LogP contribution in [0.25, 0.3) is 0 Å². The van der Waals surface area contributed by atoms with E-state index < -0.39 is 0 Å². The van der Waals surface area contributed by atoms with E-state index in [0.717, 1.165) is 5.75 Å². The van der Waals surface area contributed by atoms with Gasteiger partial charge in [0.15, 0.2) is 17.5 Å². The van der Waals surface area contributed by atoms with E-state index in [9.17, 15) is 9.18 Å². The number of para-hydroxylation sites is 2. The van der Waals surface area contributed by atoms with Gasteiger partial charge in [0, 0.05) is 12.7 Å². The second-order valence-electron chi connectivity index (χ2n) is 5.86. The molecular formula is C19H21FN4O3. The number of hydrogen-bond acceptors (Lipinski definition) is 4. The summed E-state index contributed by atoms with van der Waals surface area (Å²) >= 11 is 0. The van der Waals surface area contributed by atoms with Crippen molar-refractivity contribution in [1.82, 2.24) is 10.6 Å². The quantitative estimate of drug-likeness (QED) is 0.550. The monoisotopic (exact) mass is 372 g/mol. The maximum absolute atomic E-state index is 12.9. The van der Waals surface area contributed by atoms with Crippen molar-refractivity contribution in [2.75, 3.05) is 32.1 Å². The van der Waals surface area contributed by atoms with Gasteiger partial charge in [-0.1, -0.05) is 12.1 Å². The Balaban J connectivity index is 1.42. The number of nitrogens with one attached hydrogen (secondary N) is 3. The fourth-order valence-electron chi connectivity index (χ4n) is 2.50. The van der Waals surface area contributed by atoms with Gasteiger partial charge in [0.2, 0.25) is 5.91 Å². The van der Waals surface area contributed by atoms with E-state index in [1.807, 2.05) is 24.3 Å². The van der Waals surface area contributed by atoms with Gasteiger partial charge in [-0.05, 0) is 36.4 Å². The lowest BCUT2D eigenvalue weighted by Gasteiger charge is -2.27. The third kappa shape index (κ3) is 5.34. The first-order chi connectivity index (χ1) is 13.1. The van der Waals surface area contributed by atoms with Crippen LogP contribution in [0, 0.1) is 5.82 Å². The van der Waals surface area contributed by atoms with Crippen LogP contribution in [0.1, 0.15) is 0 Å². The first-order valence-corrected chi connectivity index (χ1v) is 8.52. The molecule has 0 bridgehead atoms. The second kappa shape index (κ2) is 8.88. The van der Waals surface area contributed by atoms with Crippen LogP contribution in [0.3, 0.4) is 0 Å². The zero-order valence-corrected chi connectivity index (χ0v) is 14.9. The number of aliphatic imine (C=N–C) groups is 1. The lowest BCUT2D eigenvalue weighted by atomic mass is 10.2. The summed E-state index contributed by atoms with van der Waals surface area (Å²) in [7, 11) is 1.61. The van der Waals surface area contributed by atoms with Crippen molar-refractivity contribution < 1.29 is 18.7 Å². The highest BCUT2D eigenvalue weighted by atomic mass is 19.1. The van der Waals surface area contributed by atoms with Crippen molar-refractivity contribution in [3.05, 3.63) is 54.3 Å². The minimum atomic E-state index is -0.354. The van der Waals surface area contributed by atoms with E-state index in [4.69, 9.17) is 9.47 Å². The molecule has 1 aliphatic heterocycles. The van der Waals surface area contributed by atoms with Crippen LogP contribution in [0.4, 0.5) is 10.1 Å². The number of carbonyl (C=O) groups excluding carboxylic acids is 1. The molecule has 0 spiro atoms. The number of anilines is 1. The molecular weight excluding hydrogens is 351 g/mol. The molecule has 2 aromatic rings. The Hall–Kier alpha value is -3.29. The molecule has 2 aromatic carbocycles. The van der Waals surface area contributed by atoms with E-state index >= 15 is 0 Å². The molecule has 1 amide bonds. The van der Waals surface area contributed by atoms with Crippen LogP contribution in [-0.2, 0) is 4.79 Å². The normalized spacial score (nSPS) is 15.8. The molecule has 8 heteroatoms. The number of rotatable bonds is 5. The number of nitrogens with zero attached hydrogens (tertiary/aromatic N) is 1. The summed E-state index contributed by atoms with van der Waals surface area (Å²) in [6, 6.07) is 13.1. The van der Waals surface area contributed by atoms with E-state index in [-0.39, 0.29) is 24.4 Å². The molecule has 0 aromatic heterocycles. The van der Waals surface area contributed by atoms with Gasteiger partial charge in [0.1, 0.15) is 18.5 Å². The van der Waals surface area contributed by atoms with Crippen molar-refractivity contribution in [3.63, 3.8) is 0 Å². The van der Waals surface area contributed by atoms with Crippen LogP contribution in [-0.4, -0.2) is 44.7 Å². The average molecular weight is 372 g/mol. The minimum absolute atomic E-state index is 0.0158. The minimum Gasteiger partial charge on any atom is -0.486 e. The molecule has 7 nitrogen and oxygen atoms in total. The van der Waals surface area contributed by atoms with Gasteiger partial charge in [-0.2, -0.15) is 0 Å². The van der Waals surface area contributed by atoms with Gasteiger partial charge < -0.3 is 25.4 Å². The molecule has 1 heterocycles. The highest BCUT2D eigenvalue weighted by molar-refractivity contribution is 5.94. The van der Waals surface area contributed by atoms with Gasteiger partial charge >= 0.3 is 0 Å². The average Bonchev–Trinajstić information content (AvgIpc) is 2.69. The lowest BCUT2D eigenvalue weighted by Crippen LogP contribution is -2.47. The molecule has 0 aliphatic carbocycles. The summed E-state index contributed by atoms with van der Waals surface area (Å²) in [6.45, 7) is 0.904. The first-order valence-electron chi connectivity index (χ1n) is 8.52. The van der Waals surface area contributed by atoms with Crippen molar-refractivity contribution in [2.24, 2.45) is 4.99 Å². The lowest BCUT2D eigenvalue weighted by molar-refractivity contribution is -0.115. The second-order valence-corrected chi connectivity index (χ2v) is 5.86. The number of benzene rings is 2. The Kier molecular flexibility index (Phi) is 6.09. The van der Waals surface area contributed by atoms with E-state index in [2.05, 4.69) is 20.9 Å². The summed E-state index contributed by atoms with van der Waals surface area (Å²) < 4.78 is 24.4. The zero-order chi connectivity index (χ0) is 19.1. The Bertz CT molecular complexity index is 811. The van der Waals surface area contributed by atoms with Crippen molar-refractivity contribution in [3.8, 4) is 11.5 Å². The molecule has 0 fully saturated rings. The third-order valence-corrected chi connectivity index (χ3v) is 3.83. The smallest absolute Gasteiger partial charge is 0.243 e. The number of hydrogen-bond donors (Lipinski definition) is 3. The number of fused-ring (bicyclic) bond motifs is 1. The van der Waals surface area contributed by atoms with Crippen LogP contribution in [0.2, 0.25) is 0 Å². The largest absolute Gasteiger partial charge is 0.486 e. The molecule has 142 valence electrons. The van der Waals surface area contributed by atoms with Gasteiger partial charge in [-0.25, -0.2) is 4.39 Å². The number of carbonyl (C=O) groups is 1. The SMILES string of the molecule is CN=C(NCC(=O)Nc1ccc(F)cc1)NCC1COc2ccccc2O1. The number of ether oxygens (including phenoxy) is 2. The van der Waals surface area contributed by atoms with Crippen LogP contribution < -0.4 is 25.4 Å². The van der Waals surface area contributed by atoms with Crippen LogP contribution in [0.5, 0.6) is 11.5 Å². The summed E-state index contributed by atoms with van der Waals surface area (Å²) in [5.74, 6) is 1.28. The van der Waals surface area contributed by atoms with Gasteiger partial charge in [0.25, 0.3) is 0 Å². The van der Waals surface area contributed by atoms with Gasteiger partial charge in [-0.15, -0.1) is 0 Å². The van der Waals surface area contributed by atoms with E-state index in [0.29, 0.717) is 30.5 Å². The molecule has 1 atom stereocenters. The van der Waals surface area contributed by atoms with E-state index in [1.54, 1.807) is 7.05 Å². The highest BCUT2D eigenvalue weighted by Gasteiger charge is 2.20. The third-order valence-electron chi connectivity index (χ3n) is 3.83. The maximum Gasteiger partial charge on any atom is 0.243 e. The molecule has 0 radical (unpaired) electrons. The molecule has 0 saturated heterocycles. The molecule has 3 N–H and O–H groups in total. The molecule has 1 unspecified atom stereocenters. The van der Waals surface area contributed by atoms with Gasteiger partial charge in [-0.3, -0.25) is 9.79 Å². The van der Waals surface area contributed by atoms with E-state index in [1.165, 1.54) is 24.3 Å². The predicted octanol–water partition coefficient (Wildman–Crippen LogP) is 1.77. The van der Waals surface area contributed by atoms with Crippen molar-refractivity contribution in [2.45, 2.75) is 6.10 Å². The number of halogens is 1. The van der Waals surface area contributed by atoms with Crippen molar-refractivity contribution >= 4 is 17.6 Å². The Morgan fingerprint density at radius 2 is 1.89 bits per heavy atom. The predicted molar refractivity (Wildman–Crippen MR) is 101 cm³/mol. The molecule has 1 aliphatic rings. The van der Waals surface area contributed by atoms with Gasteiger partial charge in [0.05, 0.1) is 13.1 Å². The topological polar surface area (TPSA) is 84.0 Å². The van der Waals surface area contributed by atoms with Crippen LogP contribution in [0.15, 0.2) is 53.5 Å². The Morgan fingerprint density at radius 3 is 2.63 bits per heavy atom. The molecule has 3 rings (SSSR count). The summed E-state index contributed by atoms with van der Waals surface area (Å²) in [4.78, 5) is 16.0. The molecule has 0 saturated carbocycles. The van der Waals surface area contributed by atoms with Crippen molar-refractivity contribution in [1.29, 1.82) is 0 Å². The summed E-state index contributed by atoms with van der Waals surface area (Å²) in [5, 5.41) is 8.69. The Labute approximate surface area is 156 Å². The fourth-order valence-corrected chi connectivity index (χ4v) is 2.50. The number of guanidine groups is 1. The fraction of sp³-hybridized carbons (Fsp3) is 0.263.